The standard InChI is InChI=1S/C11H11BrClO2/c1-8-6-14-11(7-12,15-8)9-2-4-10(13)5-3-9/h2-5,8H,1,6-7H2/t8-,11+/m0/s1. The van der Waals surface area contributed by atoms with Gasteiger partial charge >= 0.3 is 0 Å². The topological polar surface area (TPSA) is 18.5 Å². The van der Waals surface area contributed by atoms with Gasteiger partial charge in [0.25, 0.3) is 0 Å². The van der Waals surface area contributed by atoms with Gasteiger partial charge in [-0.2, -0.15) is 0 Å². The SMILES string of the molecule is [CH2][C@H]1CO[C@@](CBr)(c2ccc(Cl)cc2)O1. The normalized spacial score (nSPS) is 30.7. The predicted octanol–water partition coefficient (Wildman–Crippen LogP) is 3.14. The monoisotopic (exact) mass is 289 g/mol. The molecule has 2 rings (SSSR count). The Morgan fingerprint density at radius 2 is 2.13 bits per heavy atom. The van der Waals surface area contributed by atoms with Crippen LogP contribution in [0.2, 0.25) is 5.02 Å². The second kappa shape index (κ2) is 4.42. The van der Waals surface area contributed by atoms with E-state index in [-0.39, 0.29) is 6.10 Å². The van der Waals surface area contributed by atoms with Crippen LogP contribution in [0.3, 0.4) is 0 Å². The highest BCUT2D eigenvalue weighted by molar-refractivity contribution is 9.09. The van der Waals surface area contributed by atoms with Crippen molar-refractivity contribution in [3.8, 4) is 0 Å². The summed E-state index contributed by atoms with van der Waals surface area (Å²) in [5.74, 6) is -0.711. The summed E-state index contributed by atoms with van der Waals surface area (Å²) in [6.07, 6.45) is -0.127. The van der Waals surface area contributed by atoms with Gasteiger partial charge < -0.3 is 9.47 Å². The molecule has 1 aliphatic heterocycles. The van der Waals surface area contributed by atoms with Crippen LogP contribution in [0.1, 0.15) is 5.56 Å². The Balaban J connectivity index is 2.30. The molecule has 2 atom stereocenters. The fourth-order valence-corrected chi connectivity index (χ4v) is 2.31. The second-order valence-electron chi connectivity index (χ2n) is 3.44. The van der Waals surface area contributed by atoms with E-state index in [1.807, 2.05) is 24.3 Å². The summed E-state index contributed by atoms with van der Waals surface area (Å²) in [6, 6.07) is 7.46. The third kappa shape index (κ3) is 2.21. The molecular formula is C11H11BrClO2. The van der Waals surface area contributed by atoms with Crippen LogP contribution in [0.25, 0.3) is 0 Å². The summed E-state index contributed by atoms with van der Waals surface area (Å²) in [5.41, 5.74) is 0.954. The van der Waals surface area contributed by atoms with Crippen LogP contribution in [0.4, 0.5) is 0 Å². The Labute approximate surface area is 103 Å². The molecule has 0 N–H and O–H groups in total. The molecule has 1 aliphatic rings. The molecule has 1 radical (unpaired) electrons. The van der Waals surface area contributed by atoms with Crippen LogP contribution < -0.4 is 0 Å². The molecule has 15 heavy (non-hydrogen) atoms. The van der Waals surface area contributed by atoms with Gasteiger partial charge in [0.05, 0.1) is 18.0 Å². The van der Waals surface area contributed by atoms with Gasteiger partial charge in [-0.1, -0.05) is 39.7 Å². The van der Waals surface area contributed by atoms with Gasteiger partial charge in [0.1, 0.15) is 0 Å². The summed E-state index contributed by atoms with van der Waals surface area (Å²) in [4.78, 5) is 0. The molecule has 1 saturated heterocycles. The molecule has 1 fully saturated rings. The predicted molar refractivity (Wildman–Crippen MR) is 63.1 cm³/mol. The van der Waals surface area contributed by atoms with Gasteiger partial charge in [-0.25, -0.2) is 0 Å². The minimum absolute atomic E-state index is 0.127. The molecule has 0 saturated carbocycles. The molecule has 1 aromatic rings. The third-order valence-corrected chi connectivity index (χ3v) is 3.31. The molecule has 1 heterocycles. The lowest BCUT2D eigenvalue weighted by Gasteiger charge is -2.26. The quantitative estimate of drug-likeness (QED) is 0.779. The number of benzene rings is 1. The van der Waals surface area contributed by atoms with Crippen molar-refractivity contribution in [3.63, 3.8) is 0 Å². The smallest absolute Gasteiger partial charge is 0.205 e. The van der Waals surface area contributed by atoms with E-state index < -0.39 is 5.79 Å². The highest BCUT2D eigenvalue weighted by Crippen LogP contribution is 2.36. The fraction of sp³-hybridized carbons (Fsp3) is 0.364. The molecule has 2 nitrogen and oxygen atoms in total. The Morgan fingerprint density at radius 1 is 1.47 bits per heavy atom. The molecule has 0 aliphatic carbocycles. The lowest BCUT2D eigenvalue weighted by molar-refractivity contribution is -0.152. The molecule has 0 spiro atoms. The van der Waals surface area contributed by atoms with E-state index in [1.54, 1.807) is 0 Å². The fourth-order valence-electron chi connectivity index (χ4n) is 1.57. The Morgan fingerprint density at radius 3 is 2.60 bits per heavy atom. The molecule has 0 amide bonds. The molecular weight excluding hydrogens is 279 g/mol. The molecule has 81 valence electrons. The summed E-state index contributed by atoms with van der Waals surface area (Å²) in [7, 11) is 0. The average molecular weight is 291 g/mol. The van der Waals surface area contributed by atoms with Crippen molar-refractivity contribution in [3.05, 3.63) is 41.8 Å². The number of halogens is 2. The third-order valence-electron chi connectivity index (χ3n) is 2.32. The average Bonchev–Trinajstić information content (AvgIpc) is 2.62. The van der Waals surface area contributed by atoms with E-state index >= 15 is 0 Å². The van der Waals surface area contributed by atoms with E-state index in [4.69, 9.17) is 21.1 Å². The summed E-state index contributed by atoms with van der Waals surface area (Å²) in [5, 5.41) is 1.28. The zero-order chi connectivity index (χ0) is 10.9. The molecule has 0 bridgehead atoms. The molecule has 4 heteroatoms. The van der Waals surface area contributed by atoms with Gasteiger partial charge in [0.2, 0.25) is 5.79 Å². The van der Waals surface area contributed by atoms with E-state index in [2.05, 4.69) is 22.9 Å². The van der Waals surface area contributed by atoms with Crippen molar-refractivity contribution in [2.45, 2.75) is 11.9 Å². The van der Waals surface area contributed by atoms with Crippen LogP contribution in [-0.2, 0) is 15.3 Å². The first-order valence-corrected chi connectivity index (χ1v) is 6.13. The molecule has 0 aromatic heterocycles. The number of hydrogen-bond donors (Lipinski definition) is 0. The summed E-state index contributed by atoms with van der Waals surface area (Å²) >= 11 is 9.24. The largest absolute Gasteiger partial charge is 0.342 e. The van der Waals surface area contributed by atoms with Crippen molar-refractivity contribution in [1.29, 1.82) is 0 Å². The number of hydrogen-bond acceptors (Lipinski definition) is 2. The molecule has 0 unspecified atom stereocenters. The van der Waals surface area contributed by atoms with E-state index in [1.165, 1.54) is 0 Å². The maximum absolute atomic E-state index is 5.83. The van der Waals surface area contributed by atoms with Gasteiger partial charge in [0.15, 0.2) is 0 Å². The van der Waals surface area contributed by atoms with Gasteiger partial charge in [-0.05, 0) is 19.1 Å². The van der Waals surface area contributed by atoms with Crippen molar-refractivity contribution < 1.29 is 9.47 Å². The van der Waals surface area contributed by atoms with Crippen LogP contribution in [0, 0.1) is 6.92 Å². The van der Waals surface area contributed by atoms with Gasteiger partial charge in [-0.3, -0.25) is 0 Å². The second-order valence-corrected chi connectivity index (χ2v) is 4.44. The lowest BCUT2D eigenvalue weighted by atomic mass is 10.1. The highest BCUT2D eigenvalue weighted by Gasteiger charge is 2.40. The number of rotatable bonds is 2. The Hall–Kier alpha value is -0.0900. The zero-order valence-corrected chi connectivity index (χ0v) is 10.4. The maximum atomic E-state index is 5.83. The van der Waals surface area contributed by atoms with Crippen molar-refractivity contribution >= 4 is 27.5 Å². The first-order chi connectivity index (χ1) is 7.16. The van der Waals surface area contributed by atoms with E-state index in [0.717, 1.165) is 5.56 Å². The summed E-state index contributed by atoms with van der Waals surface area (Å²) < 4.78 is 11.4. The van der Waals surface area contributed by atoms with Crippen LogP contribution in [-0.4, -0.2) is 18.0 Å². The Kier molecular flexibility index (Phi) is 3.36. The minimum Gasteiger partial charge on any atom is -0.342 e. The zero-order valence-electron chi connectivity index (χ0n) is 8.08. The lowest BCUT2D eigenvalue weighted by Crippen LogP contribution is -2.29. The number of ether oxygens (including phenoxy) is 2. The van der Waals surface area contributed by atoms with Crippen molar-refractivity contribution in [1.82, 2.24) is 0 Å². The van der Waals surface area contributed by atoms with Crippen LogP contribution in [0.15, 0.2) is 24.3 Å². The molecule has 1 aromatic carbocycles. The first-order valence-electron chi connectivity index (χ1n) is 4.63. The number of alkyl halides is 1. The first kappa shape index (κ1) is 11.4. The van der Waals surface area contributed by atoms with Crippen LogP contribution >= 0.6 is 27.5 Å². The maximum Gasteiger partial charge on any atom is 0.205 e. The van der Waals surface area contributed by atoms with Crippen molar-refractivity contribution in [2.75, 3.05) is 11.9 Å². The van der Waals surface area contributed by atoms with Crippen molar-refractivity contribution in [2.24, 2.45) is 0 Å². The Bertz CT molecular complexity index is 341. The van der Waals surface area contributed by atoms with E-state index in [0.29, 0.717) is 17.0 Å². The van der Waals surface area contributed by atoms with E-state index in [9.17, 15) is 0 Å². The van der Waals surface area contributed by atoms with Crippen LogP contribution in [0.5, 0.6) is 0 Å². The summed E-state index contributed by atoms with van der Waals surface area (Å²) in [6.45, 7) is 4.34. The van der Waals surface area contributed by atoms with Gasteiger partial charge in [0, 0.05) is 10.6 Å². The highest BCUT2D eigenvalue weighted by atomic mass is 79.9. The minimum atomic E-state index is -0.711. The van der Waals surface area contributed by atoms with Gasteiger partial charge in [-0.15, -0.1) is 0 Å².